The number of aromatic nitrogens is 2. The fourth-order valence-electron chi connectivity index (χ4n) is 3.62. The molecule has 3 aromatic rings. The van der Waals surface area contributed by atoms with Gasteiger partial charge in [0.2, 0.25) is 5.88 Å². The maximum absolute atomic E-state index is 11.0. The minimum absolute atomic E-state index is 0.123. The van der Waals surface area contributed by atoms with E-state index in [2.05, 4.69) is 26.7 Å². The summed E-state index contributed by atoms with van der Waals surface area (Å²) in [6, 6.07) is 16.0. The molecule has 1 saturated heterocycles. The lowest BCUT2D eigenvalue weighted by atomic mass is 10.1. The molecule has 2 aromatic carbocycles. The molecule has 1 aliphatic rings. The average Bonchev–Trinajstić information content (AvgIpc) is 2.77. The second-order valence-electron chi connectivity index (χ2n) is 7.46. The quantitative estimate of drug-likeness (QED) is 0.411. The van der Waals surface area contributed by atoms with Gasteiger partial charge in [0.25, 0.3) is 5.69 Å². The van der Waals surface area contributed by atoms with E-state index in [1.165, 1.54) is 12.4 Å². The summed E-state index contributed by atoms with van der Waals surface area (Å²) in [7, 11) is 0. The van der Waals surface area contributed by atoms with E-state index in [0.717, 1.165) is 31.0 Å². The Kier molecular flexibility index (Phi) is 6.29. The van der Waals surface area contributed by atoms with Gasteiger partial charge in [0.1, 0.15) is 17.9 Å². The van der Waals surface area contributed by atoms with E-state index in [9.17, 15) is 10.1 Å². The Labute approximate surface area is 185 Å². The minimum Gasteiger partial charge on any atom is -0.439 e. The number of ether oxygens (including phenoxy) is 1. The third-order valence-electron chi connectivity index (χ3n) is 5.26. The predicted octanol–water partition coefficient (Wildman–Crippen LogP) is 4.54. The summed E-state index contributed by atoms with van der Waals surface area (Å²) < 4.78 is 5.82. The number of anilines is 1. The molecule has 8 nitrogen and oxygen atoms in total. The first-order valence-corrected chi connectivity index (χ1v) is 10.3. The highest BCUT2D eigenvalue weighted by Crippen LogP contribution is 2.25. The van der Waals surface area contributed by atoms with Crippen LogP contribution in [0.3, 0.4) is 0 Å². The Morgan fingerprint density at radius 1 is 1.16 bits per heavy atom. The zero-order valence-electron chi connectivity index (χ0n) is 17.0. The number of benzene rings is 2. The molecule has 1 aromatic heterocycles. The lowest BCUT2D eigenvalue weighted by Crippen LogP contribution is -2.51. The summed E-state index contributed by atoms with van der Waals surface area (Å²) >= 11 is 5.92. The number of nitro benzene ring substituents is 1. The molecule has 0 unspecified atom stereocenters. The lowest BCUT2D eigenvalue weighted by Gasteiger charge is -2.40. The standard InChI is InChI=1S/C22H22ClN5O3/c1-16-13-27(10-9-26(16)14-17-3-2-4-19(11-17)28(29)30)21-12-22(25-15-24-21)31-20-7-5-18(23)6-8-20/h2-8,11-12,15-16H,9-10,13-14H2,1H3/t16-/m1/s1. The van der Waals surface area contributed by atoms with Gasteiger partial charge in [-0.25, -0.2) is 9.97 Å². The van der Waals surface area contributed by atoms with Crippen LogP contribution in [0.25, 0.3) is 0 Å². The van der Waals surface area contributed by atoms with Crippen LogP contribution in [0.2, 0.25) is 5.02 Å². The molecule has 1 fully saturated rings. The molecule has 31 heavy (non-hydrogen) atoms. The molecule has 0 saturated carbocycles. The number of non-ortho nitro benzene ring substituents is 1. The molecule has 0 spiro atoms. The van der Waals surface area contributed by atoms with Gasteiger partial charge < -0.3 is 9.64 Å². The monoisotopic (exact) mass is 439 g/mol. The van der Waals surface area contributed by atoms with Crippen molar-refractivity contribution in [2.45, 2.75) is 19.5 Å². The number of nitrogens with zero attached hydrogens (tertiary/aromatic N) is 5. The number of hydrogen-bond acceptors (Lipinski definition) is 7. The smallest absolute Gasteiger partial charge is 0.269 e. The van der Waals surface area contributed by atoms with E-state index >= 15 is 0 Å². The van der Waals surface area contributed by atoms with Crippen LogP contribution < -0.4 is 9.64 Å². The van der Waals surface area contributed by atoms with Crippen molar-refractivity contribution in [2.75, 3.05) is 24.5 Å². The van der Waals surface area contributed by atoms with Crippen LogP contribution >= 0.6 is 11.6 Å². The minimum atomic E-state index is -0.357. The van der Waals surface area contributed by atoms with Gasteiger partial charge in [0.05, 0.1) is 4.92 Å². The normalized spacial score (nSPS) is 16.8. The Morgan fingerprint density at radius 3 is 2.71 bits per heavy atom. The van der Waals surface area contributed by atoms with Gasteiger partial charge >= 0.3 is 0 Å². The largest absolute Gasteiger partial charge is 0.439 e. The Balaban J connectivity index is 1.40. The lowest BCUT2D eigenvalue weighted by molar-refractivity contribution is -0.384. The fraction of sp³-hybridized carbons (Fsp3) is 0.273. The molecule has 0 aliphatic carbocycles. The topological polar surface area (TPSA) is 84.6 Å². The molecular formula is C22H22ClN5O3. The second kappa shape index (κ2) is 9.28. The van der Waals surface area contributed by atoms with Gasteiger partial charge in [0.15, 0.2) is 0 Å². The van der Waals surface area contributed by atoms with Crippen molar-refractivity contribution in [3.8, 4) is 11.6 Å². The van der Waals surface area contributed by atoms with Crippen molar-refractivity contribution < 1.29 is 9.66 Å². The third-order valence-corrected chi connectivity index (χ3v) is 5.51. The molecule has 0 bridgehead atoms. The van der Waals surface area contributed by atoms with Crippen LogP contribution in [0, 0.1) is 10.1 Å². The van der Waals surface area contributed by atoms with Crippen LogP contribution in [-0.4, -0.2) is 45.5 Å². The van der Waals surface area contributed by atoms with Gasteiger partial charge in [0, 0.05) is 55.4 Å². The first kappa shape index (κ1) is 21.0. The van der Waals surface area contributed by atoms with Crippen LogP contribution in [0.4, 0.5) is 11.5 Å². The van der Waals surface area contributed by atoms with Crippen LogP contribution in [-0.2, 0) is 6.54 Å². The highest BCUT2D eigenvalue weighted by atomic mass is 35.5. The van der Waals surface area contributed by atoms with Crippen molar-refractivity contribution in [2.24, 2.45) is 0 Å². The molecular weight excluding hydrogens is 418 g/mol. The zero-order chi connectivity index (χ0) is 21.8. The molecule has 0 amide bonds. The van der Waals surface area contributed by atoms with E-state index in [-0.39, 0.29) is 16.7 Å². The van der Waals surface area contributed by atoms with Crippen LogP contribution in [0.1, 0.15) is 12.5 Å². The fourth-order valence-corrected chi connectivity index (χ4v) is 3.75. The van der Waals surface area contributed by atoms with Crippen LogP contribution in [0.15, 0.2) is 60.9 Å². The summed E-state index contributed by atoms with van der Waals surface area (Å²) in [6.07, 6.45) is 1.50. The molecule has 0 N–H and O–H groups in total. The third kappa shape index (κ3) is 5.28. The summed E-state index contributed by atoms with van der Waals surface area (Å²) in [4.78, 5) is 23.8. The van der Waals surface area contributed by atoms with E-state index in [4.69, 9.17) is 16.3 Å². The van der Waals surface area contributed by atoms with Crippen molar-refractivity contribution in [3.63, 3.8) is 0 Å². The zero-order valence-corrected chi connectivity index (χ0v) is 17.8. The van der Waals surface area contributed by atoms with Crippen LogP contribution in [0.5, 0.6) is 11.6 Å². The van der Waals surface area contributed by atoms with Gasteiger partial charge in [-0.3, -0.25) is 15.0 Å². The van der Waals surface area contributed by atoms with Crippen molar-refractivity contribution >= 4 is 23.1 Å². The molecule has 160 valence electrons. The second-order valence-corrected chi connectivity index (χ2v) is 7.90. The van der Waals surface area contributed by atoms with Gasteiger partial charge in [-0.05, 0) is 36.8 Å². The highest BCUT2D eigenvalue weighted by molar-refractivity contribution is 6.30. The Bertz CT molecular complexity index is 1060. The summed E-state index contributed by atoms with van der Waals surface area (Å²) in [6.45, 7) is 5.21. The molecule has 2 heterocycles. The van der Waals surface area contributed by atoms with E-state index in [0.29, 0.717) is 23.2 Å². The van der Waals surface area contributed by atoms with Crippen molar-refractivity contribution in [1.29, 1.82) is 0 Å². The summed E-state index contributed by atoms with van der Waals surface area (Å²) in [5.41, 5.74) is 1.06. The molecule has 4 rings (SSSR count). The molecule has 9 heteroatoms. The number of rotatable bonds is 6. The summed E-state index contributed by atoms with van der Waals surface area (Å²) in [5, 5.41) is 11.7. The number of halogens is 1. The maximum Gasteiger partial charge on any atom is 0.269 e. The Hall–Kier alpha value is -3.23. The van der Waals surface area contributed by atoms with Gasteiger partial charge in [-0.2, -0.15) is 0 Å². The van der Waals surface area contributed by atoms with Gasteiger partial charge in [-0.15, -0.1) is 0 Å². The number of hydrogen-bond donors (Lipinski definition) is 0. The van der Waals surface area contributed by atoms with Crippen molar-refractivity contribution in [1.82, 2.24) is 14.9 Å². The number of piperazine rings is 1. The molecule has 0 radical (unpaired) electrons. The average molecular weight is 440 g/mol. The maximum atomic E-state index is 11.0. The SMILES string of the molecule is C[C@@H]1CN(c2cc(Oc3ccc(Cl)cc3)ncn2)CCN1Cc1cccc([N+](=O)[O-])c1. The predicted molar refractivity (Wildman–Crippen MR) is 119 cm³/mol. The highest BCUT2D eigenvalue weighted by Gasteiger charge is 2.25. The van der Waals surface area contributed by atoms with E-state index in [1.54, 1.807) is 36.4 Å². The number of nitro groups is 1. The summed E-state index contributed by atoms with van der Waals surface area (Å²) in [5.74, 6) is 1.93. The van der Waals surface area contributed by atoms with Gasteiger partial charge in [-0.1, -0.05) is 23.7 Å². The Morgan fingerprint density at radius 2 is 1.97 bits per heavy atom. The van der Waals surface area contributed by atoms with E-state index < -0.39 is 0 Å². The molecule has 1 aliphatic heterocycles. The molecule has 1 atom stereocenters. The first-order chi connectivity index (χ1) is 15.0. The van der Waals surface area contributed by atoms with E-state index in [1.807, 2.05) is 12.1 Å². The van der Waals surface area contributed by atoms with Crippen molar-refractivity contribution in [3.05, 3.63) is 81.6 Å². The first-order valence-electron chi connectivity index (χ1n) is 9.96.